The summed E-state index contributed by atoms with van der Waals surface area (Å²) in [5, 5.41) is 2.87. The van der Waals surface area contributed by atoms with Crippen LogP contribution in [0.25, 0.3) is 22.1 Å². The van der Waals surface area contributed by atoms with E-state index in [4.69, 9.17) is 17.1 Å². The topological polar surface area (TPSA) is 225 Å². The van der Waals surface area contributed by atoms with Crippen molar-refractivity contribution in [2.45, 2.75) is 82.8 Å². The maximum atomic E-state index is 12.8. The Morgan fingerprint density at radius 1 is 0.676 bits per heavy atom. The lowest BCUT2D eigenvalue weighted by Crippen LogP contribution is -2.51. The van der Waals surface area contributed by atoms with E-state index < -0.39 is 0 Å². The maximum Gasteiger partial charge on any atom is 0.299 e. The van der Waals surface area contributed by atoms with E-state index >= 15 is 0 Å². The number of ether oxygens (including phenoxy) is 1. The van der Waals surface area contributed by atoms with E-state index in [0.717, 1.165) is 84.9 Å². The van der Waals surface area contributed by atoms with Crippen LogP contribution in [0.2, 0.25) is 0 Å². The number of nitrogens with two attached hydrogens (primary N) is 1. The smallest absolute Gasteiger partial charge is 0.299 e. The molecule has 3 N–H and O–H groups in total. The molecule has 4 fully saturated rings. The number of rotatable bonds is 2. The number of hydrogen-bond acceptors (Lipinski definition) is 16. The van der Waals surface area contributed by atoms with Gasteiger partial charge in [0.25, 0.3) is 17.6 Å². The van der Waals surface area contributed by atoms with Gasteiger partial charge < -0.3 is 15.8 Å². The molecule has 3 atom stereocenters. The fourth-order valence-corrected chi connectivity index (χ4v) is 10.4. The van der Waals surface area contributed by atoms with E-state index in [2.05, 4.69) is 104 Å². The zero-order valence-electron chi connectivity index (χ0n) is 40.3. The summed E-state index contributed by atoms with van der Waals surface area (Å²) < 4.78 is 9.67. The molecule has 7 aromatic rings. The van der Waals surface area contributed by atoms with Gasteiger partial charge in [-0.3, -0.25) is 43.0 Å². The molecule has 0 radical (unpaired) electrons. The van der Waals surface area contributed by atoms with Crippen LogP contribution in [-0.2, 0) is 35.8 Å². The largest absolute Gasteiger partial charge is 0.407 e. The molecule has 21 heteroatoms. The third-order valence-electron chi connectivity index (χ3n) is 13.4. The summed E-state index contributed by atoms with van der Waals surface area (Å²) in [4.78, 5) is 82.9. The van der Waals surface area contributed by atoms with Crippen molar-refractivity contribution in [1.82, 2.24) is 64.0 Å². The number of fused-ring (bicyclic) bond motifs is 7. The zero-order valence-corrected chi connectivity index (χ0v) is 43.5. The highest BCUT2D eigenvalue weighted by Gasteiger charge is 2.33. The number of carbonyl (C=O) groups excluding carboxylic acids is 2. The molecule has 13 rings (SSSR count). The molecule has 0 spiro atoms. The van der Waals surface area contributed by atoms with Gasteiger partial charge in [0.1, 0.15) is 23.0 Å². The first-order valence-corrected chi connectivity index (χ1v) is 25.9. The molecular formula is C53H52Br2N14O5. The van der Waals surface area contributed by atoms with Crippen LogP contribution in [0.15, 0.2) is 104 Å². The van der Waals surface area contributed by atoms with Crippen LogP contribution in [0.3, 0.4) is 0 Å². The summed E-state index contributed by atoms with van der Waals surface area (Å²) in [7, 11) is 0. The van der Waals surface area contributed by atoms with Crippen LogP contribution >= 0.6 is 31.9 Å². The number of carbonyl (C=O) groups is 2. The number of aromatic nitrogens is 9. The van der Waals surface area contributed by atoms with Crippen LogP contribution in [0.5, 0.6) is 5.88 Å². The van der Waals surface area contributed by atoms with Gasteiger partial charge in [-0.25, -0.2) is 34.9 Å². The number of anilines is 1. The van der Waals surface area contributed by atoms with Gasteiger partial charge in [0.05, 0.1) is 36.4 Å². The second-order valence-corrected chi connectivity index (χ2v) is 20.0. The van der Waals surface area contributed by atoms with Gasteiger partial charge in [0.2, 0.25) is 11.8 Å². The van der Waals surface area contributed by atoms with E-state index in [9.17, 15) is 19.2 Å². The predicted octanol–water partition coefficient (Wildman–Crippen LogP) is 4.70. The lowest BCUT2D eigenvalue weighted by molar-refractivity contribution is -0.124. The molecule has 0 aliphatic carbocycles. The Hall–Kier alpha value is -7.27. The number of terminal acetylenes is 1. The molecule has 13 heterocycles. The number of pyridine rings is 5. The van der Waals surface area contributed by atoms with Gasteiger partial charge in [-0.1, -0.05) is 24.0 Å². The number of piperazine rings is 1. The highest BCUT2D eigenvalue weighted by Crippen LogP contribution is 2.27. The molecule has 6 aliphatic rings. The quantitative estimate of drug-likeness (QED) is 0.177. The SMILES string of the molecule is C#Cc1ccccn1.Nc1cc(Br)cnc1OC=O.O=C1CN2CCCC2CN1.O=c1c2ncc(Br)cc2nc2n1CC1CCCN1C2.O=c1c2ncc(C#Cc3ccccn3)cc2nc2n1CC1CCCN1C2. The molecule has 4 saturated heterocycles. The fraction of sp³-hybridized carbons (Fsp3) is 0.340. The average molecular weight is 1120 g/mol. The number of halogens is 2. The Balaban J connectivity index is 0.000000122. The minimum atomic E-state index is -0.0409. The minimum Gasteiger partial charge on any atom is -0.407 e. The van der Waals surface area contributed by atoms with Crippen molar-refractivity contribution in [2.24, 2.45) is 0 Å². The lowest BCUT2D eigenvalue weighted by atomic mass is 10.1. The van der Waals surface area contributed by atoms with Crippen molar-refractivity contribution >= 4 is 72.0 Å². The van der Waals surface area contributed by atoms with E-state index in [1.165, 1.54) is 38.3 Å². The number of amides is 1. The molecule has 6 aliphatic heterocycles. The van der Waals surface area contributed by atoms with Crippen molar-refractivity contribution in [3.8, 4) is 30.1 Å². The van der Waals surface area contributed by atoms with E-state index in [-0.39, 0.29) is 29.4 Å². The third-order valence-corrected chi connectivity index (χ3v) is 14.3. The number of nitrogens with zero attached hydrogens (tertiary/aromatic N) is 12. The highest BCUT2D eigenvalue weighted by molar-refractivity contribution is 9.10. The number of nitrogens with one attached hydrogen (secondary N) is 1. The molecule has 3 unspecified atom stereocenters. The monoisotopic (exact) mass is 1120 g/mol. The van der Waals surface area contributed by atoms with Gasteiger partial charge in [0.15, 0.2) is 11.0 Å². The number of nitrogen functional groups attached to an aromatic ring is 1. The first-order valence-electron chi connectivity index (χ1n) is 24.3. The van der Waals surface area contributed by atoms with Gasteiger partial charge >= 0.3 is 0 Å². The molecule has 0 aromatic carbocycles. The van der Waals surface area contributed by atoms with Crippen LogP contribution in [0.4, 0.5) is 5.69 Å². The van der Waals surface area contributed by atoms with Crippen LogP contribution < -0.4 is 26.9 Å². The first-order chi connectivity index (χ1) is 36.0. The standard InChI is InChI=1S/C20H17N5O.C13H13BrN4O.C7H12N2O.C7H5N.C6H5BrN2O2/c26-20-19-17(23-18-13-24-9-3-5-16(24)12-25(18)20)10-14(11-22-19)6-7-15-4-1-2-8-21-15;14-8-4-10-12(15-5-8)13(19)18-6-9-2-1-3-17(9)7-11(18)16-10;10-7-5-9-3-1-2-6(9)4-8-7;1-2-7-5-3-4-6-8-7;7-4-1-5(8)6(9-2-4)11-3-10/h1-2,4,8,10-11,16H,3,5,9,12-13H2;4-5,9H,1-3,6-7H2;6H,1-5H2,(H,8,10);1,3-6H;1-3H,8H2. The summed E-state index contributed by atoms with van der Waals surface area (Å²) in [6, 6.07) is 18.0. The van der Waals surface area contributed by atoms with Crippen molar-refractivity contribution in [1.29, 1.82) is 0 Å². The lowest BCUT2D eigenvalue weighted by Gasteiger charge is -2.31. The Morgan fingerprint density at radius 2 is 1.23 bits per heavy atom. The summed E-state index contributed by atoms with van der Waals surface area (Å²) in [5.74, 6) is 10.5. The molecule has 378 valence electrons. The molecule has 0 bridgehead atoms. The molecule has 7 aromatic heterocycles. The Kier molecular flexibility index (Phi) is 16.9. The first kappa shape index (κ1) is 51.6. The molecular weight excluding hydrogens is 1070 g/mol. The van der Waals surface area contributed by atoms with Crippen LogP contribution in [-0.4, -0.2) is 122 Å². The second-order valence-electron chi connectivity index (χ2n) is 18.2. The van der Waals surface area contributed by atoms with E-state index in [0.29, 0.717) is 63.8 Å². The molecule has 74 heavy (non-hydrogen) atoms. The zero-order chi connectivity index (χ0) is 51.6. The van der Waals surface area contributed by atoms with Gasteiger partial charge in [-0.05, 0) is 138 Å². The summed E-state index contributed by atoms with van der Waals surface area (Å²) in [6.45, 7) is 8.12. The van der Waals surface area contributed by atoms with E-state index in [1.807, 2.05) is 47.0 Å². The summed E-state index contributed by atoms with van der Waals surface area (Å²) in [6.07, 6.45) is 20.5. The third kappa shape index (κ3) is 12.6. The van der Waals surface area contributed by atoms with Gasteiger partial charge in [-0.2, -0.15) is 0 Å². The van der Waals surface area contributed by atoms with Gasteiger partial charge in [0, 0.05) is 83.3 Å². The Bertz CT molecular complexity index is 3400. The van der Waals surface area contributed by atoms with Crippen molar-refractivity contribution < 1.29 is 14.3 Å². The Morgan fingerprint density at radius 3 is 1.80 bits per heavy atom. The predicted molar refractivity (Wildman–Crippen MR) is 285 cm³/mol. The maximum absolute atomic E-state index is 12.8. The van der Waals surface area contributed by atoms with E-state index in [1.54, 1.807) is 41.5 Å². The van der Waals surface area contributed by atoms with Crippen molar-refractivity contribution in [3.63, 3.8) is 0 Å². The molecule has 0 saturated carbocycles. The fourth-order valence-electron chi connectivity index (χ4n) is 9.78. The van der Waals surface area contributed by atoms with Crippen LogP contribution in [0, 0.1) is 24.2 Å². The van der Waals surface area contributed by atoms with Crippen LogP contribution in [0.1, 0.15) is 67.1 Å². The number of hydrogen-bond donors (Lipinski definition) is 2. The average Bonchev–Trinajstić information content (AvgIpc) is 4.21. The summed E-state index contributed by atoms with van der Waals surface area (Å²) >= 11 is 6.54. The Labute approximate surface area is 443 Å². The van der Waals surface area contributed by atoms with Crippen molar-refractivity contribution in [3.05, 3.63) is 144 Å². The van der Waals surface area contributed by atoms with Gasteiger partial charge in [-0.15, -0.1) is 6.42 Å². The second kappa shape index (κ2) is 24.2. The van der Waals surface area contributed by atoms with Crippen molar-refractivity contribution in [2.75, 3.05) is 38.5 Å². The normalized spacial score (nSPS) is 19.1. The molecule has 19 nitrogen and oxygen atoms in total. The minimum absolute atomic E-state index is 0.000880. The summed E-state index contributed by atoms with van der Waals surface area (Å²) in [5.41, 5.74) is 10.0. The molecule has 1 amide bonds. The highest BCUT2D eigenvalue weighted by atomic mass is 79.9.